The number of rotatable bonds is 4. The molecule has 1 aliphatic rings. The highest BCUT2D eigenvalue weighted by atomic mass is 32.1. The number of aromatic carboxylic acids is 1. The molecule has 0 spiro atoms. The van der Waals surface area contributed by atoms with Gasteiger partial charge in [-0.1, -0.05) is 0 Å². The van der Waals surface area contributed by atoms with Gasteiger partial charge in [-0.3, -0.25) is 9.59 Å². The van der Waals surface area contributed by atoms with Gasteiger partial charge < -0.3 is 15.3 Å². The summed E-state index contributed by atoms with van der Waals surface area (Å²) < 4.78 is 0. The predicted octanol–water partition coefficient (Wildman–Crippen LogP) is 1.20. The van der Waals surface area contributed by atoms with Crippen molar-refractivity contribution >= 4 is 29.1 Å². The molecule has 0 bridgehead atoms. The maximum Gasteiger partial charge on any atom is 0.347 e. The van der Waals surface area contributed by atoms with Crippen molar-refractivity contribution in [2.24, 2.45) is 5.92 Å². The fourth-order valence-corrected chi connectivity index (χ4v) is 3.27. The van der Waals surface area contributed by atoms with Gasteiger partial charge in [0, 0.05) is 25.9 Å². The number of nitrogens with zero attached hydrogens (tertiary/aromatic N) is 2. The van der Waals surface area contributed by atoms with Crippen LogP contribution in [0.4, 0.5) is 0 Å². The van der Waals surface area contributed by atoms with E-state index in [9.17, 15) is 14.4 Å². The topological polar surface area (TPSA) is 99.6 Å². The van der Waals surface area contributed by atoms with Crippen molar-refractivity contribution in [2.75, 3.05) is 13.6 Å². The number of carboxylic acid groups (broad SMARTS) is 1. The first kappa shape index (κ1) is 16.4. The van der Waals surface area contributed by atoms with Crippen molar-refractivity contribution in [2.45, 2.75) is 32.7 Å². The Kier molecular flexibility index (Phi) is 4.80. The molecular formula is C14H19N3O4S. The molecule has 1 aromatic rings. The minimum Gasteiger partial charge on any atom is -0.477 e. The molecule has 2 unspecified atom stereocenters. The second-order valence-electron chi connectivity index (χ2n) is 5.51. The van der Waals surface area contributed by atoms with E-state index >= 15 is 0 Å². The number of likely N-dealkylation sites (tertiary alicyclic amines) is 1. The third kappa shape index (κ3) is 3.44. The van der Waals surface area contributed by atoms with Crippen LogP contribution in [0.3, 0.4) is 0 Å². The Balaban J connectivity index is 2.01. The number of aryl methyl sites for hydroxylation is 1. The molecule has 1 fully saturated rings. The lowest BCUT2D eigenvalue weighted by Gasteiger charge is -2.28. The number of carboxylic acids is 1. The summed E-state index contributed by atoms with van der Waals surface area (Å²) in [4.78, 5) is 40.9. The van der Waals surface area contributed by atoms with E-state index in [1.807, 2.05) is 0 Å². The van der Waals surface area contributed by atoms with Gasteiger partial charge in [0.2, 0.25) is 11.8 Å². The van der Waals surface area contributed by atoms with Gasteiger partial charge >= 0.3 is 5.97 Å². The lowest BCUT2D eigenvalue weighted by Crippen LogP contribution is -2.42. The van der Waals surface area contributed by atoms with E-state index in [4.69, 9.17) is 5.11 Å². The third-order valence-electron chi connectivity index (χ3n) is 3.77. The summed E-state index contributed by atoms with van der Waals surface area (Å²) in [6.07, 6.45) is 0.852. The van der Waals surface area contributed by atoms with Crippen LogP contribution in [0.2, 0.25) is 0 Å². The lowest BCUT2D eigenvalue weighted by molar-refractivity contribution is -0.139. The van der Waals surface area contributed by atoms with E-state index in [1.54, 1.807) is 25.8 Å². The van der Waals surface area contributed by atoms with Gasteiger partial charge in [-0.25, -0.2) is 9.78 Å². The Morgan fingerprint density at radius 2 is 2.18 bits per heavy atom. The maximum absolute atomic E-state index is 12.2. The van der Waals surface area contributed by atoms with E-state index in [0.29, 0.717) is 23.7 Å². The second kappa shape index (κ2) is 6.43. The van der Waals surface area contributed by atoms with Gasteiger partial charge in [-0.05, 0) is 20.3 Å². The van der Waals surface area contributed by atoms with Crippen molar-refractivity contribution in [3.05, 3.63) is 15.6 Å². The van der Waals surface area contributed by atoms with Gasteiger partial charge in [0.1, 0.15) is 9.88 Å². The fraction of sp³-hybridized carbons (Fsp3) is 0.571. The first-order valence-electron chi connectivity index (χ1n) is 7.04. The molecule has 1 saturated heterocycles. The molecule has 2 N–H and O–H groups in total. The molecule has 1 aromatic heterocycles. The number of amides is 2. The second-order valence-corrected chi connectivity index (χ2v) is 6.54. The lowest BCUT2D eigenvalue weighted by atomic mass is 9.95. The Morgan fingerprint density at radius 3 is 2.73 bits per heavy atom. The Labute approximate surface area is 132 Å². The number of aromatic nitrogens is 1. The number of hydrogen-bond acceptors (Lipinski definition) is 5. The van der Waals surface area contributed by atoms with Gasteiger partial charge in [-0.2, -0.15) is 0 Å². The SMILES string of the molecule is Cc1nc(C(C)NC(=O)C2CCN(C)C(=O)C2)sc1C(=O)O. The Morgan fingerprint density at radius 1 is 1.50 bits per heavy atom. The van der Waals surface area contributed by atoms with Gasteiger partial charge in [-0.15, -0.1) is 11.3 Å². The van der Waals surface area contributed by atoms with E-state index in [-0.39, 0.29) is 35.1 Å². The highest BCUT2D eigenvalue weighted by Crippen LogP contribution is 2.25. The molecule has 7 nitrogen and oxygen atoms in total. The van der Waals surface area contributed by atoms with E-state index < -0.39 is 5.97 Å². The molecule has 2 heterocycles. The molecule has 1 aliphatic heterocycles. The molecule has 2 atom stereocenters. The number of hydrogen-bond donors (Lipinski definition) is 2. The van der Waals surface area contributed by atoms with Crippen LogP contribution in [-0.4, -0.2) is 46.4 Å². The molecule has 0 saturated carbocycles. The van der Waals surface area contributed by atoms with Crippen molar-refractivity contribution < 1.29 is 19.5 Å². The quantitative estimate of drug-likeness (QED) is 0.866. The van der Waals surface area contributed by atoms with Crippen LogP contribution in [0.5, 0.6) is 0 Å². The van der Waals surface area contributed by atoms with Crippen LogP contribution >= 0.6 is 11.3 Å². The fourth-order valence-electron chi connectivity index (χ4n) is 2.36. The largest absolute Gasteiger partial charge is 0.477 e. The maximum atomic E-state index is 12.2. The summed E-state index contributed by atoms with van der Waals surface area (Å²) >= 11 is 1.06. The third-order valence-corrected chi connectivity index (χ3v) is 5.10. The van der Waals surface area contributed by atoms with Crippen LogP contribution in [0.1, 0.15) is 46.2 Å². The highest BCUT2D eigenvalue weighted by Gasteiger charge is 2.30. The smallest absolute Gasteiger partial charge is 0.347 e. The van der Waals surface area contributed by atoms with Crippen molar-refractivity contribution in [1.82, 2.24) is 15.2 Å². The van der Waals surface area contributed by atoms with Crippen LogP contribution < -0.4 is 5.32 Å². The minimum atomic E-state index is -1.01. The zero-order chi connectivity index (χ0) is 16.4. The van der Waals surface area contributed by atoms with Crippen LogP contribution in [-0.2, 0) is 9.59 Å². The van der Waals surface area contributed by atoms with Crippen LogP contribution in [0.15, 0.2) is 0 Å². The highest BCUT2D eigenvalue weighted by molar-refractivity contribution is 7.13. The van der Waals surface area contributed by atoms with Crippen molar-refractivity contribution in [3.8, 4) is 0 Å². The minimum absolute atomic E-state index is 0.0303. The Hall–Kier alpha value is -1.96. The molecule has 2 amide bonds. The van der Waals surface area contributed by atoms with Crippen LogP contribution in [0, 0.1) is 12.8 Å². The van der Waals surface area contributed by atoms with Crippen molar-refractivity contribution in [3.63, 3.8) is 0 Å². The zero-order valence-corrected chi connectivity index (χ0v) is 13.6. The van der Waals surface area contributed by atoms with E-state index in [0.717, 1.165) is 11.3 Å². The zero-order valence-electron chi connectivity index (χ0n) is 12.8. The summed E-state index contributed by atoms with van der Waals surface area (Å²) in [7, 11) is 1.73. The average Bonchev–Trinajstić information content (AvgIpc) is 2.84. The normalized spacial score (nSPS) is 19.9. The van der Waals surface area contributed by atoms with E-state index in [2.05, 4.69) is 10.3 Å². The molecular weight excluding hydrogens is 306 g/mol. The first-order chi connectivity index (χ1) is 10.3. The molecule has 0 radical (unpaired) electrons. The molecule has 22 heavy (non-hydrogen) atoms. The number of piperidine rings is 1. The summed E-state index contributed by atoms with van der Waals surface area (Å²) in [6, 6.07) is -0.376. The number of thiazole rings is 1. The monoisotopic (exact) mass is 325 g/mol. The van der Waals surface area contributed by atoms with E-state index in [1.165, 1.54) is 0 Å². The molecule has 2 rings (SSSR count). The number of carbonyl (C=O) groups excluding carboxylic acids is 2. The molecule has 8 heteroatoms. The van der Waals surface area contributed by atoms with Crippen molar-refractivity contribution in [1.29, 1.82) is 0 Å². The molecule has 120 valence electrons. The molecule has 0 aliphatic carbocycles. The first-order valence-corrected chi connectivity index (χ1v) is 7.86. The van der Waals surface area contributed by atoms with Crippen LogP contribution in [0.25, 0.3) is 0 Å². The number of carbonyl (C=O) groups is 3. The Bertz CT molecular complexity index is 613. The van der Waals surface area contributed by atoms with Gasteiger partial charge in [0.15, 0.2) is 0 Å². The number of nitrogens with one attached hydrogen (secondary N) is 1. The van der Waals surface area contributed by atoms with Gasteiger partial charge in [0.25, 0.3) is 0 Å². The summed E-state index contributed by atoms with van der Waals surface area (Å²) in [5.41, 5.74) is 0.447. The summed E-state index contributed by atoms with van der Waals surface area (Å²) in [5, 5.41) is 12.4. The standard InChI is InChI=1S/C14H19N3O4S/c1-7-11(14(20)21)22-13(16-7)8(2)15-12(19)9-4-5-17(3)10(18)6-9/h8-9H,4-6H2,1-3H3,(H,15,19)(H,20,21). The average molecular weight is 325 g/mol. The predicted molar refractivity (Wildman–Crippen MR) is 80.7 cm³/mol. The molecule has 0 aromatic carbocycles. The summed E-state index contributed by atoms with van der Waals surface area (Å²) in [5.74, 6) is -1.55. The summed E-state index contributed by atoms with van der Waals surface area (Å²) in [6.45, 7) is 3.97. The van der Waals surface area contributed by atoms with Gasteiger partial charge in [0.05, 0.1) is 11.7 Å².